The summed E-state index contributed by atoms with van der Waals surface area (Å²) >= 11 is 0. The Hall–Kier alpha value is -0.280. The average molecular weight is 289 g/mol. The van der Waals surface area contributed by atoms with E-state index in [2.05, 4.69) is 4.90 Å². The van der Waals surface area contributed by atoms with Gasteiger partial charge in [0.2, 0.25) is 5.91 Å². The molecule has 2 aliphatic rings. The van der Waals surface area contributed by atoms with E-state index in [0.29, 0.717) is 18.5 Å². The monoisotopic (exact) mass is 288 g/mol. The normalized spacial score (nSPS) is 24.3. The summed E-state index contributed by atoms with van der Waals surface area (Å²) in [4.78, 5) is 14.5. The lowest BCUT2D eigenvalue weighted by Gasteiger charge is -2.36. The minimum absolute atomic E-state index is 0. The number of rotatable bonds is 5. The standard InChI is InChI=1S/C15H28N2O.ClH/c16-11-10-14-7-3-4-12-17(14)15(18)9-8-13-5-1-2-6-13;/h13-14H,1-12,16H2;1H. The first kappa shape index (κ1) is 16.8. The highest BCUT2D eigenvalue weighted by Gasteiger charge is 2.26. The van der Waals surface area contributed by atoms with Gasteiger partial charge in [-0.05, 0) is 44.6 Å². The van der Waals surface area contributed by atoms with Crippen molar-refractivity contribution in [3.05, 3.63) is 0 Å². The maximum Gasteiger partial charge on any atom is 0.222 e. The molecular formula is C15H29ClN2O. The summed E-state index contributed by atoms with van der Waals surface area (Å²) in [5.41, 5.74) is 5.66. The number of carbonyl (C=O) groups is 1. The van der Waals surface area contributed by atoms with Crippen LogP contribution in [0, 0.1) is 5.92 Å². The maximum absolute atomic E-state index is 12.3. The van der Waals surface area contributed by atoms with Crippen LogP contribution in [0.3, 0.4) is 0 Å². The van der Waals surface area contributed by atoms with Crippen molar-refractivity contribution in [2.45, 2.75) is 70.3 Å². The molecule has 1 heterocycles. The Kier molecular flexibility index (Phi) is 7.77. The molecule has 0 bridgehead atoms. The highest BCUT2D eigenvalue weighted by atomic mass is 35.5. The predicted molar refractivity (Wildman–Crippen MR) is 81.5 cm³/mol. The van der Waals surface area contributed by atoms with Crippen LogP contribution in [0.1, 0.15) is 64.2 Å². The number of carbonyl (C=O) groups excluding carboxylic acids is 1. The second kappa shape index (κ2) is 8.80. The minimum Gasteiger partial charge on any atom is -0.340 e. The van der Waals surface area contributed by atoms with E-state index in [1.165, 1.54) is 38.5 Å². The van der Waals surface area contributed by atoms with Gasteiger partial charge in [0, 0.05) is 19.0 Å². The fraction of sp³-hybridized carbons (Fsp3) is 0.933. The molecule has 4 heteroatoms. The zero-order valence-electron chi connectivity index (χ0n) is 12.0. The first-order chi connectivity index (χ1) is 8.81. The maximum atomic E-state index is 12.3. The molecule has 1 atom stereocenters. The summed E-state index contributed by atoms with van der Waals surface area (Å²) in [6.07, 6.45) is 11.9. The van der Waals surface area contributed by atoms with Crippen molar-refractivity contribution in [2.24, 2.45) is 11.7 Å². The summed E-state index contributed by atoms with van der Waals surface area (Å²) in [7, 11) is 0. The largest absolute Gasteiger partial charge is 0.340 e. The lowest BCUT2D eigenvalue weighted by atomic mass is 9.97. The molecule has 112 valence electrons. The van der Waals surface area contributed by atoms with E-state index in [1.54, 1.807) is 0 Å². The number of hydrogen-bond acceptors (Lipinski definition) is 2. The van der Waals surface area contributed by atoms with Crippen LogP contribution in [0.5, 0.6) is 0 Å². The molecule has 19 heavy (non-hydrogen) atoms. The Labute approximate surface area is 123 Å². The lowest BCUT2D eigenvalue weighted by Crippen LogP contribution is -2.44. The third-order valence-electron chi connectivity index (χ3n) is 4.69. The number of hydrogen-bond donors (Lipinski definition) is 1. The summed E-state index contributed by atoms with van der Waals surface area (Å²) in [6, 6.07) is 0.430. The Balaban J connectivity index is 0.00000180. The van der Waals surface area contributed by atoms with Crippen molar-refractivity contribution >= 4 is 18.3 Å². The van der Waals surface area contributed by atoms with Crippen molar-refractivity contribution in [3.63, 3.8) is 0 Å². The van der Waals surface area contributed by atoms with Gasteiger partial charge < -0.3 is 10.6 Å². The zero-order valence-corrected chi connectivity index (χ0v) is 12.8. The second-order valence-corrected chi connectivity index (χ2v) is 6.00. The Morgan fingerprint density at radius 1 is 1.05 bits per heavy atom. The third-order valence-corrected chi connectivity index (χ3v) is 4.69. The van der Waals surface area contributed by atoms with E-state index < -0.39 is 0 Å². The Bertz CT molecular complexity index is 265. The van der Waals surface area contributed by atoms with Crippen molar-refractivity contribution in [2.75, 3.05) is 13.1 Å². The van der Waals surface area contributed by atoms with E-state index in [4.69, 9.17) is 5.73 Å². The van der Waals surface area contributed by atoms with Crippen LogP contribution in [-0.4, -0.2) is 29.9 Å². The molecule has 1 saturated carbocycles. The molecule has 0 aromatic rings. The number of likely N-dealkylation sites (tertiary alicyclic amines) is 1. The first-order valence-corrected chi connectivity index (χ1v) is 7.81. The molecule has 0 aromatic heterocycles. The molecular weight excluding hydrogens is 260 g/mol. The zero-order chi connectivity index (χ0) is 12.8. The molecule has 1 unspecified atom stereocenters. The van der Waals surface area contributed by atoms with Gasteiger partial charge >= 0.3 is 0 Å². The van der Waals surface area contributed by atoms with Crippen molar-refractivity contribution in [1.29, 1.82) is 0 Å². The summed E-state index contributed by atoms with van der Waals surface area (Å²) < 4.78 is 0. The lowest BCUT2D eigenvalue weighted by molar-refractivity contribution is -0.135. The number of piperidine rings is 1. The van der Waals surface area contributed by atoms with Crippen LogP contribution >= 0.6 is 12.4 Å². The molecule has 1 aliphatic heterocycles. The molecule has 2 N–H and O–H groups in total. The summed E-state index contributed by atoms with van der Waals surface area (Å²) in [5.74, 6) is 1.21. The van der Waals surface area contributed by atoms with Crippen molar-refractivity contribution in [3.8, 4) is 0 Å². The van der Waals surface area contributed by atoms with Gasteiger partial charge in [0.15, 0.2) is 0 Å². The van der Waals surface area contributed by atoms with E-state index in [9.17, 15) is 4.79 Å². The van der Waals surface area contributed by atoms with E-state index >= 15 is 0 Å². The van der Waals surface area contributed by atoms with Gasteiger partial charge in [0.05, 0.1) is 0 Å². The van der Waals surface area contributed by atoms with Crippen LogP contribution in [0.4, 0.5) is 0 Å². The van der Waals surface area contributed by atoms with E-state index in [1.807, 2.05) is 0 Å². The predicted octanol–water partition coefficient (Wildman–Crippen LogP) is 3.11. The Morgan fingerprint density at radius 3 is 2.42 bits per heavy atom. The van der Waals surface area contributed by atoms with Crippen molar-refractivity contribution < 1.29 is 4.79 Å². The van der Waals surface area contributed by atoms with Gasteiger partial charge in [-0.2, -0.15) is 0 Å². The molecule has 2 fully saturated rings. The Morgan fingerprint density at radius 2 is 1.74 bits per heavy atom. The molecule has 0 aromatic carbocycles. The second-order valence-electron chi connectivity index (χ2n) is 6.00. The number of nitrogens with two attached hydrogens (primary N) is 1. The van der Waals surface area contributed by atoms with Crippen LogP contribution in [0.2, 0.25) is 0 Å². The van der Waals surface area contributed by atoms with E-state index in [-0.39, 0.29) is 12.4 Å². The highest BCUT2D eigenvalue weighted by molar-refractivity contribution is 5.85. The summed E-state index contributed by atoms with van der Waals surface area (Å²) in [5, 5.41) is 0. The van der Waals surface area contributed by atoms with Gasteiger partial charge in [0.25, 0.3) is 0 Å². The van der Waals surface area contributed by atoms with E-state index in [0.717, 1.165) is 38.1 Å². The number of amides is 1. The number of halogens is 1. The van der Waals surface area contributed by atoms with Crippen LogP contribution in [0.25, 0.3) is 0 Å². The smallest absolute Gasteiger partial charge is 0.222 e. The van der Waals surface area contributed by atoms with Crippen LogP contribution in [0.15, 0.2) is 0 Å². The minimum atomic E-state index is 0. The highest BCUT2D eigenvalue weighted by Crippen LogP contribution is 2.29. The molecule has 2 rings (SSSR count). The first-order valence-electron chi connectivity index (χ1n) is 7.81. The van der Waals surface area contributed by atoms with Gasteiger partial charge in [-0.3, -0.25) is 4.79 Å². The van der Waals surface area contributed by atoms with Gasteiger partial charge in [0.1, 0.15) is 0 Å². The third kappa shape index (κ3) is 4.96. The van der Waals surface area contributed by atoms with Gasteiger partial charge in [-0.15, -0.1) is 12.4 Å². The van der Waals surface area contributed by atoms with Crippen molar-refractivity contribution in [1.82, 2.24) is 4.90 Å². The average Bonchev–Trinajstić information content (AvgIpc) is 2.90. The fourth-order valence-electron chi connectivity index (χ4n) is 3.59. The molecule has 1 saturated heterocycles. The molecule has 1 amide bonds. The molecule has 3 nitrogen and oxygen atoms in total. The van der Waals surface area contributed by atoms with Gasteiger partial charge in [-0.1, -0.05) is 25.7 Å². The topological polar surface area (TPSA) is 46.3 Å². The molecule has 1 aliphatic carbocycles. The molecule has 0 radical (unpaired) electrons. The summed E-state index contributed by atoms with van der Waals surface area (Å²) in [6.45, 7) is 1.67. The number of nitrogens with zero attached hydrogens (tertiary/aromatic N) is 1. The molecule has 0 spiro atoms. The SMILES string of the molecule is Cl.NCCC1CCCCN1C(=O)CCC1CCCC1. The quantitative estimate of drug-likeness (QED) is 0.845. The van der Waals surface area contributed by atoms with Crippen LogP contribution in [-0.2, 0) is 4.79 Å². The van der Waals surface area contributed by atoms with Gasteiger partial charge in [-0.25, -0.2) is 0 Å². The van der Waals surface area contributed by atoms with Crippen LogP contribution < -0.4 is 5.73 Å². The fourth-order valence-corrected chi connectivity index (χ4v) is 3.59.